The summed E-state index contributed by atoms with van der Waals surface area (Å²) >= 11 is 5.66. The van der Waals surface area contributed by atoms with Crippen molar-refractivity contribution in [3.63, 3.8) is 0 Å². The molecule has 0 radical (unpaired) electrons. The zero-order chi connectivity index (χ0) is 12.6. The van der Waals surface area contributed by atoms with Gasteiger partial charge in [-0.25, -0.2) is 4.68 Å². The molecule has 0 bridgehead atoms. The molecule has 4 nitrogen and oxygen atoms in total. The molecule has 0 fully saturated rings. The molecule has 0 atom stereocenters. The van der Waals surface area contributed by atoms with E-state index in [4.69, 9.17) is 11.6 Å². The van der Waals surface area contributed by atoms with Gasteiger partial charge in [0.05, 0.1) is 5.69 Å². The molecule has 0 saturated heterocycles. The Kier molecular flexibility index (Phi) is 2.78. The zero-order valence-corrected chi connectivity index (χ0v) is 9.29. The van der Waals surface area contributed by atoms with Gasteiger partial charge in [0, 0.05) is 6.07 Å². The van der Waals surface area contributed by atoms with Crippen molar-refractivity contribution in [1.82, 2.24) is 20.0 Å². The third-order valence-electron chi connectivity index (χ3n) is 1.96. The fourth-order valence-electron chi connectivity index (χ4n) is 1.16. The molecule has 0 aliphatic rings. The Labute approximate surface area is 99.0 Å². The van der Waals surface area contributed by atoms with Gasteiger partial charge in [-0.2, -0.15) is 23.4 Å². The van der Waals surface area contributed by atoms with Crippen LogP contribution in [0.2, 0.25) is 5.15 Å². The van der Waals surface area contributed by atoms with Gasteiger partial charge in [-0.15, -0.1) is 5.10 Å². The Hall–Kier alpha value is -1.63. The Morgan fingerprint density at radius 2 is 1.94 bits per heavy atom. The standard InChI is InChI=1S/C9H6ClF3N4/c1-5-2-3-8(15-14-5)17-7(10)4-6(16-17)9(11,12)13/h2-4H,1H3. The topological polar surface area (TPSA) is 43.6 Å². The second kappa shape index (κ2) is 3.99. The Balaban J connectivity index is 2.46. The number of hydrogen-bond acceptors (Lipinski definition) is 3. The molecule has 0 amide bonds. The van der Waals surface area contributed by atoms with Crippen LogP contribution >= 0.6 is 11.6 Å². The molecule has 2 rings (SSSR count). The highest BCUT2D eigenvalue weighted by Crippen LogP contribution is 2.30. The minimum absolute atomic E-state index is 0.135. The monoisotopic (exact) mass is 262 g/mol. The van der Waals surface area contributed by atoms with Gasteiger partial charge in [0.25, 0.3) is 0 Å². The lowest BCUT2D eigenvalue weighted by atomic mass is 10.4. The Bertz CT molecular complexity index is 532. The first-order valence-electron chi connectivity index (χ1n) is 4.51. The number of hydrogen-bond donors (Lipinski definition) is 0. The van der Waals surface area contributed by atoms with Crippen LogP contribution in [0.4, 0.5) is 13.2 Å². The summed E-state index contributed by atoms with van der Waals surface area (Å²) in [6, 6.07) is 3.83. The fourth-order valence-corrected chi connectivity index (χ4v) is 1.39. The van der Waals surface area contributed by atoms with E-state index in [1.807, 2.05) is 0 Å². The smallest absolute Gasteiger partial charge is 0.201 e. The number of halogens is 4. The van der Waals surface area contributed by atoms with E-state index >= 15 is 0 Å². The highest BCUT2D eigenvalue weighted by molar-refractivity contribution is 6.29. The minimum atomic E-state index is -4.53. The molecule has 0 aliphatic carbocycles. The van der Waals surface area contributed by atoms with E-state index in [0.29, 0.717) is 5.69 Å². The van der Waals surface area contributed by atoms with Crippen molar-refractivity contribution in [1.29, 1.82) is 0 Å². The summed E-state index contributed by atoms with van der Waals surface area (Å²) in [5.74, 6) is 0.135. The highest BCUT2D eigenvalue weighted by Gasteiger charge is 2.35. The van der Waals surface area contributed by atoms with Crippen molar-refractivity contribution < 1.29 is 13.2 Å². The predicted octanol–water partition coefficient (Wildman–Crippen LogP) is 2.64. The lowest BCUT2D eigenvalue weighted by molar-refractivity contribution is -0.141. The zero-order valence-electron chi connectivity index (χ0n) is 8.53. The largest absolute Gasteiger partial charge is 0.435 e. The molecule has 0 aromatic carbocycles. The summed E-state index contributed by atoms with van der Waals surface area (Å²) in [5.41, 5.74) is -0.419. The second-order valence-electron chi connectivity index (χ2n) is 3.29. The molecule has 90 valence electrons. The van der Waals surface area contributed by atoms with E-state index in [1.165, 1.54) is 6.07 Å². The third-order valence-corrected chi connectivity index (χ3v) is 2.23. The fraction of sp³-hybridized carbons (Fsp3) is 0.222. The van der Waals surface area contributed by atoms with Gasteiger partial charge in [-0.05, 0) is 19.1 Å². The van der Waals surface area contributed by atoms with Crippen molar-refractivity contribution in [3.8, 4) is 5.82 Å². The first-order valence-corrected chi connectivity index (χ1v) is 4.89. The SMILES string of the molecule is Cc1ccc(-n2nc(C(F)(F)F)cc2Cl)nn1. The Morgan fingerprint density at radius 3 is 2.41 bits per heavy atom. The number of rotatable bonds is 1. The van der Waals surface area contributed by atoms with E-state index < -0.39 is 11.9 Å². The van der Waals surface area contributed by atoms with E-state index in [1.54, 1.807) is 13.0 Å². The quantitative estimate of drug-likeness (QED) is 0.793. The van der Waals surface area contributed by atoms with Gasteiger partial charge >= 0.3 is 6.18 Å². The first-order chi connectivity index (χ1) is 7.88. The lowest BCUT2D eigenvalue weighted by Gasteiger charge is -2.02. The van der Waals surface area contributed by atoms with Crippen molar-refractivity contribution in [3.05, 3.63) is 34.7 Å². The molecule has 0 N–H and O–H groups in total. The molecule has 2 aromatic heterocycles. The molecule has 0 saturated carbocycles. The van der Waals surface area contributed by atoms with E-state index in [-0.39, 0.29) is 11.0 Å². The maximum atomic E-state index is 12.4. The van der Waals surface area contributed by atoms with Crippen molar-refractivity contribution in [2.75, 3.05) is 0 Å². The van der Waals surface area contributed by atoms with Crippen molar-refractivity contribution >= 4 is 11.6 Å². The summed E-state index contributed by atoms with van der Waals surface area (Å²) in [7, 11) is 0. The number of nitrogens with zero attached hydrogens (tertiary/aromatic N) is 4. The van der Waals surface area contributed by atoms with Crippen molar-refractivity contribution in [2.24, 2.45) is 0 Å². The predicted molar refractivity (Wildman–Crippen MR) is 53.9 cm³/mol. The molecule has 0 unspecified atom stereocenters. The van der Waals surface area contributed by atoms with Gasteiger partial charge in [0.1, 0.15) is 5.15 Å². The summed E-state index contributed by atoms with van der Waals surface area (Å²) in [6.07, 6.45) is -4.53. The summed E-state index contributed by atoms with van der Waals surface area (Å²) in [4.78, 5) is 0. The lowest BCUT2D eigenvalue weighted by Crippen LogP contribution is -2.08. The second-order valence-corrected chi connectivity index (χ2v) is 3.68. The molecule has 0 aliphatic heterocycles. The average molecular weight is 263 g/mol. The number of alkyl halides is 3. The van der Waals surface area contributed by atoms with Crippen LogP contribution in [0.15, 0.2) is 18.2 Å². The first kappa shape index (κ1) is 11.8. The van der Waals surface area contributed by atoms with Gasteiger partial charge < -0.3 is 0 Å². The molecular formula is C9H6ClF3N4. The molecule has 8 heteroatoms. The van der Waals surface area contributed by atoms with E-state index in [0.717, 1.165) is 10.7 Å². The summed E-state index contributed by atoms with van der Waals surface area (Å²) in [5, 5.41) is 10.6. The summed E-state index contributed by atoms with van der Waals surface area (Å²) < 4.78 is 38.1. The average Bonchev–Trinajstić information content (AvgIpc) is 2.61. The Morgan fingerprint density at radius 1 is 1.24 bits per heavy atom. The van der Waals surface area contributed by atoms with Crippen LogP contribution in [0.3, 0.4) is 0 Å². The maximum absolute atomic E-state index is 12.4. The van der Waals surface area contributed by atoms with Crippen LogP contribution in [0.1, 0.15) is 11.4 Å². The normalized spacial score (nSPS) is 11.8. The molecular weight excluding hydrogens is 257 g/mol. The molecule has 17 heavy (non-hydrogen) atoms. The highest BCUT2D eigenvalue weighted by atomic mass is 35.5. The van der Waals surface area contributed by atoms with Crippen LogP contribution < -0.4 is 0 Å². The molecule has 0 spiro atoms. The summed E-state index contributed by atoms with van der Waals surface area (Å²) in [6.45, 7) is 1.71. The molecule has 2 aromatic rings. The van der Waals surface area contributed by atoms with Crippen LogP contribution in [-0.4, -0.2) is 20.0 Å². The van der Waals surface area contributed by atoms with Crippen LogP contribution in [-0.2, 0) is 6.18 Å². The van der Waals surface area contributed by atoms with Gasteiger partial charge in [0.2, 0.25) is 0 Å². The maximum Gasteiger partial charge on any atom is 0.435 e. The van der Waals surface area contributed by atoms with E-state index in [9.17, 15) is 13.2 Å². The number of aryl methyl sites for hydroxylation is 1. The van der Waals surface area contributed by atoms with Gasteiger partial charge in [0.15, 0.2) is 11.5 Å². The van der Waals surface area contributed by atoms with E-state index in [2.05, 4.69) is 15.3 Å². The minimum Gasteiger partial charge on any atom is -0.201 e. The van der Waals surface area contributed by atoms with Crippen molar-refractivity contribution in [2.45, 2.75) is 13.1 Å². The molecule has 2 heterocycles. The van der Waals surface area contributed by atoms with Crippen LogP contribution in [0.25, 0.3) is 5.82 Å². The van der Waals surface area contributed by atoms with Crippen LogP contribution in [0.5, 0.6) is 0 Å². The van der Waals surface area contributed by atoms with Crippen LogP contribution in [0, 0.1) is 6.92 Å². The third kappa shape index (κ3) is 2.38. The van der Waals surface area contributed by atoms with Gasteiger partial charge in [-0.3, -0.25) is 0 Å². The number of aromatic nitrogens is 4. The van der Waals surface area contributed by atoms with Gasteiger partial charge in [-0.1, -0.05) is 11.6 Å².